The van der Waals surface area contributed by atoms with E-state index in [0.717, 1.165) is 11.3 Å². The van der Waals surface area contributed by atoms with Crippen molar-refractivity contribution in [2.24, 2.45) is 5.92 Å². The topological polar surface area (TPSA) is 60.1 Å². The number of carbonyl (C=O) groups is 1. The van der Waals surface area contributed by atoms with Crippen LogP contribution in [-0.2, 0) is 13.1 Å². The van der Waals surface area contributed by atoms with E-state index in [9.17, 15) is 9.59 Å². The molecule has 0 fully saturated rings. The molecule has 110 valence electrons. The van der Waals surface area contributed by atoms with Crippen LogP contribution < -0.4 is 10.6 Å². The summed E-state index contributed by atoms with van der Waals surface area (Å²) in [6.07, 6.45) is 0. The molecular weight excluding hydrogens is 268 g/mol. The first-order chi connectivity index (χ1) is 9.97. The number of benzene rings is 1. The second-order valence-electron chi connectivity index (χ2n) is 5.81. The lowest BCUT2D eigenvalue weighted by molar-refractivity contribution is 0.242. The Labute approximate surface area is 122 Å². The Balaban J connectivity index is 2.00. The van der Waals surface area contributed by atoms with Gasteiger partial charge in [0.25, 0.3) is 0 Å². The van der Waals surface area contributed by atoms with Gasteiger partial charge in [0.1, 0.15) is 0 Å². The Kier molecular flexibility index (Phi) is 3.16. The van der Waals surface area contributed by atoms with Crippen molar-refractivity contribution in [3.8, 4) is 0 Å². The number of rotatable bonds is 3. The van der Waals surface area contributed by atoms with Crippen molar-refractivity contribution in [1.29, 1.82) is 0 Å². The van der Waals surface area contributed by atoms with Gasteiger partial charge < -0.3 is 0 Å². The van der Waals surface area contributed by atoms with E-state index < -0.39 is 0 Å². The van der Waals surface area contributed by atoms with Crippen LogP contribution in [0.5, 0.6) is 0 Å². The lowest BCUT2D eigenvalue weighted by Gasteiger charge is -2.16. The molecule has 0 radical (unpaired) electrons. The summed E-state index contributed by atoms with van der Waals surface area (Å²) in [4.78, 5) is 30.2. The normalized spacial score (nSPS) is 14.1. The van der Waals surface area contributed by atoms with Gasteiger partial charge in [0, 0.05) is 12.2 Å². The van der Waals surface area contributed by atoms with Gasteiger partial charge in [-0.2, -0.15) is 9.67 Å². The molecule has 1 amide bonds. The molecule has 21 heavy (non-hydrogen) atoms. The summed E-state index contributed by atoms with van der Waals surface area (Å²) in [7, 11) is 0. The summed E-state index contributed by atoms with van der Waals surface area (Å²) < 4.78 is 2.84. The van der Waals surface area contributed by atoms with Crippen LogP contribution in [0.25, 0.3) is 0 Å². The molecule has 1 aromatic heterocycles. The molecule has 1 aliphatic heterocycles. The molecule has 0 atom stereocenters. The van der Waals surface area contributed by atoms with Crippen LogP contribution in [0.15, 0.2) is 29.1 Å². The van der Waals surface area contributed by atoms with E-state index in [1.807, 2.05) is 45.0 Å². The largest absolute Gasteiger partial charge is 0.364 e. The highest BCUT2D eigenvalue weighted by Gasteiger charge is 2.33. The van der Waals surface area contributed by atoms with Gasteiger partial charge in [-0.15, -0.1) is 0 Å². The summed E-state index contributed by atoms with van der Waals surface area (Å²) in [5.74, 6) is 0.775. The lowest BCUT2D eigenvalue weighted by Crippen LogP contribution is -2.34. The van der Waals surface area contributed by atoms with E-state index in [0.29, 0.717) is 18.9 Å². The lowest BCUT2D eigenvalue weighted by atomic mass is 10.2. The van der Waals surface area contributed by atoms with E-state index in [1.165, 1.54) is 9.36 Å². The second kappa shape index (κ2) is 4.87. The van der Waals surface area contributed by atoms with Gasteiger partial charge in [0.15, 0.2) is 5.82 Å². The summed E-state index contributed by atoms with van der Waals surface area (Å²) >= 11 is 0. The average Bonchev–Trinajstić information content (AvgIpc) is 2.87. The second-order valence-corrected chi connectivity index (χ2v) is 5.81. The summed E-state index contributed by atoms with van der Waals surface area (Å²) in [5.41, 5.74) is 1.56. The Morgan fingerprint density at radius 1 is 1.29 bits per heavy atom. The van der Waals surface area contributed by atoms with Gasteiger partial charge in [-0.25, -0.2) is 14.3 Å². The fourth-order valence-electron chi connectivity index (χ4n) is 2.58. The summed E-state index contributed by atoms with van der Waals surface area (Å²) in [6.45, 7) is 6.81. The van der Waals surface area contributed by atoms with Crippen LogP contribution in [0, 0.1) is 12.8 Å². The maximum Gasteiger partial charge on any atom is 0.364 e. The Bertz CT molecular complexity index is 757. The van der Waals surface area contributed by atoms with Crippen molar-refractivity contribution in [3.05, 3.63) is 46.1 Å². The first-order valence-corrected chi connectivity index (χ1v) is 7.04. The fourth-order valence-corrected chi connectivity index (χ4v) is 2.58. The standard InChI is InChI=1S/C15H18N4O2/c1-10(2)8-18-14(20)16-13-9-17(15(21)19(13)18)12-6-4-5-11(3)7-12/h4-7,10H,8-9H2,1-3H3. The summed E-state index contributed by atoms with van der Waals surface area (Å²) in [5, 5.41) is 0. The van der Waals surface area contributed by atoms with Gasteiger partial charge in [0.2, 0.25) is 0 Å². The predicted octanol–water partition coefficient (Wildman–Crippen LogP) is 2.00. The van der Waals surface area contributed by atoms with Crippen molar-refractivity contribution < 1.29 is 4.79 Å². The molecule has 2 aromatic rings. The third-order valence-corrected chi connectivity index (χ3v) is 3.49. The van der Waals surface area contributed by atoms with Crippen LogP contribution in [0.4, 0.5) is 10.5 Å². The zero-order valence-corrected chi connectivity index (χ0v) is 12.4. The van der Waals surface area contributed by atoms with Crippen LogP contribution in [0.2, 0.25) is 0 Å². The molecule has 0 bridgehead atoms. The van der Waals surface area contributed by atoms with Gasteiger partial charge in [-0.1, -0.05) is 26.0 Å². The first kappa shape index (κ1) is 13.6. The van der Waals surface area contributed by atoms with Gasteiger partial charge in [-0.3, -0.25) is 4.90 Å². The molecule has 3 rings (SSSR count). The Morgan fingerprint density at radius 3 is 2.71 bits per heavy atom. The maximum absolute atomic E-state index is 12.6. The van der Waals surface area contributed by atoms with E-state index in [-0.39, 0.29) is 17.6 Å². The fraction of sp³-hybridized carbons (Fsp3) is 0.400. The van der Waals surface area contributed by atoms with Crippen molar-refractivity contribution in [2.45, 2.75) is 33.9 Å². The van der Waals surface area contributed by atoms with Gasteiger partial charge in [0.05, 0.1) is 6.54 Å². The highest BCUT2D eigenvalue weighted by molar-refractivity contribution is 5.95. The molecule has 0 spiro atoms. The minimum Gasteiger partial charge on any atom is -0.285 e. The smallest absolute Gasteiger partial charge is 0.285 e. The third kappa shape index (κ3) is 2.26. The summed E-state index contributed by atoms with van der Waals surface area (Å²) in [6, 6.07) is 7.53. The van der Waals surface area contributed by atoms with Crippen molar-refractivity contribution in [3.63, 3.8) is 0 Å². The van der Waals surface area contributed by atoms with Crippen molar-refractivity contribution in [1.82, 2.24) is 14.3 Å². The number of hydrogen-bond donors (Lipinski definition) is 0. The molecular formula is C15H18N4O2. The number of aryl methyl sites for hydroxylation is 1. The van der Waals surface area contributed by atoms with Gasteiger partial charge in [-0.05, 0) is 30.5 Å². The zero-order chi connectivity index (χ0) is 15.1. The van der Waals surface area contributed by atoms with E-state index in [4.69, 9.17) is 0 Å². The predicted molar refractivity (Wildman–Crippen MR) is 79.5 cm³/mol. The van der Waals surface area contributed by atoms with Crippen LogP contribution in [0.3, 0.4) is 0 Å². The minimum atomic E-state index is -0.351. The molecule has 6 nitrogen and oxygen atoms in total. The van der Waals surface area contributed by atoms with E-state index >= 15 is 0 Å². The maximum atomic E-state index is 12.6. The third-order valence-electron chi connectivity index (χ3n) is 3.49. The monoisotopic (exact) mass is 286 g/mol. The SMILES string of the molecule is Cc1cccc(N2Cc3nc(=O)n(CC(C)C)n3C2=O)c1. The number of hydrogen-bond acceptors (Lipinski definition) is 3. The van der Waals surface area contributed by atoms with E-state index in [2.05, 4.69) is 4.98 Å². The molecule has 1 aliphatic rings. The highest BCUT2D eigenvalue weighted by atomic mass is 16.2. The minimum absolute atomic E-state index is 0.217. The molecule has 6 heteroatoms. The molecule has 0 saturated carbocycles. The first-order valence-electron chi connectivity index (χ1n) is 7.04. The molecule has 2 heterocycles. The molecule has 0 aliphatic carbocycles. The number of carbonyl (C=O) groups excluding carboxylic acids is 1. The number of nitrogens with zero attached hydrogens (tertiary/aromatic N) is 4. The Morgan fingerprint density at radius 2 is 2.05 bits per heavy atom. The van der Waals surface area contributed by atoms with Gasteiger partial charge >= 0.3 is 11.7 Å². The van der Waals surface area contributed by atoms with Crippen molar-refractivity contribution in [2.75, 3.05) is 4.90 Å². The average molecular weight is 286 g/mol. The van der Waals surface area contributed by atoms with Crippen molar-refractivity contribution >= 4 is 11.7 Å². The van der Waals surface area contributed by atoms with Crippen LogP contribution in [0.1, 0.15) is 25.2 Å². The Hall–Kier alpha value is -2.37. The number of anilines is 1. The number of aromatic nitrogens is 3. The quantitative estimate of drug-likeness (QED) is 0.867. The van der Waals surface area contributed by atoms with Crippen LogP contribution >= 0.6 is 0 Å². The highest BCUT2D eigenvalue weighted by Crippen LogP contribution is 2.23. The number of fused-ring (bicyclic) bond motifs is 1. The number of amides is 1. The van der Waals surface area contributed by atoms with Crippen LogP contribution in [-0.4, -0.2) is 20.4 Å². The molecule has 1 aromatic carbocycles. The molecule has 0 unspecified atom stereocenters. The van der Waals surface area contributed by atoms with E-state index in [1.54, 1.807) is 4.90 Å². The zero-order valence-electron chi connectivity index (χ0n) is 12.4. The molecule has 0 saturated heterocycles. The molecule has 0 N–H and O–H groups in total.